The normalized spacial score (nSPS) is 11.7. The lowest BCUT2D eigenvalue weighted by Gasteiger charge is -2.21. The van der Waals surface area contributed by atoms with Crippen LogP contribution in [0.4, 0.5) is 11.4 Å². The van der Waals surface area contributed by atoms with Crippen molar-refractivity contribution in [2.45, 2.75) is 0 Å². The Labute approximate surface area is 230 Å². The molecule has 5 aromatic carbocycles. The Morgan fingerprint density at radius 2 is 1.24 bits per heavy atom. The van der Waals surface area contributed by atoms with E-state index in [0.29, 0.717) is 0 Å². The highest BCUT2D eigenvalue weighted by atomic mass is 32.1. The SMILES string of the molecule is Bc1c(B)c(B)c(-c2cccc3oc4ccc(Nc5ccc6c(c5)sc5ccccc56)cc4c23)c(B)c1B. The zero-order valence-corrected chi connectivity index (χ0v) is 23.1. The van der Waals surface area contributed by atoms with Crippen LogP contribution in [-0.2, 0) is 0 Å². The average molecular weight is 501 g/mol. The molecule has 0 aliphatic carbocycles. The number of nitrogens with one attached hydrogen (secondary N) is 1. The fraction of sp³-hybridized carbons (Fsp3) is 0. The average Bonchev–Trinajstić information content (AvgIpc) is 3.49. The van der Waals surface area contributed by atoms with Gasteiger partial charge in [0.15, 0.2) is 0 Å². The summed E-state index contributed by atoms with van der Waals surface area (Å²) >= 11 is 1.84. The van der Waals surface area contributed by atoms with E-state index < -0.39 is 0 Å². The number of rotatable bonds is 3. The molecule has 0 spiro atoms. The third kappa shape index (κ3) is 3.47. The molecule has 0 aliphatic heterocycles. The van der Waals surface area contributed by atoms with E-state index in [1.807, 2.05) is 11.3 Å². The number of thiophene rings is 1. The summed E-state index contributed by atoms with van der Waals surface area (Å²) in [6.07, 6.45) is 0. The summed E-state index contributed by atoms with van der Waals surface area (Å²) in [5, 5.41) is 8.61. The van der Waals surface area contributed by atoms with E-state index >= 15 is 0 Å². The van der Waals surface area contributed by atoms with Gasteiger partial charge >= 0.3 is 0 Å². The highest BCUT2D eigenvalue weighted by molar-refractivity contribution is 7.25. The first kappa shape index (κ1) is 23.4. The predicted molar refractivity (Wildman–Crippen MR) is 183 cm³/mol. The van der Waals surface area contributed by atoms with Crippen LogP contribution < -0.4 is 32.6 Å². The summed E-state index contributed by atoms with van der Waals surface area (Å²) in [5.74, 6) is 0. The molecule has 0 saturated carbocycles. The first-order chi connectivity index (χ1) is 18.4. The molecule has 2 aromatic heterocycles. The molecule has 2 nitrogen and oxygen atoms in total. The van der Waals surface area contributed by atoms with E-state index in [4.69, 9.17) is 4.42 Å². The lowest BCUT2D eigenvalue weighted by Crippen LogP contribution is -2.55. The topological polar surface area (TPSA) is 25.2 Å². The molecule has 7 aromatic rings. The highest BCUT2D eigenvalue weighted by Gasteiger charge is 2.18. The standard InChI is InChI=1S/C30H24B5NOS/c31-26-25(27(32)29(34)30(35)28(26)33)18-5-3-6-21-24(18)19-12-14(9-11-20(19)37-21)36-15-8-10-17-16-4-1-2-7-22(16)38-23(17)13-15/h1-13,36H,31-35H2. The predicted octanol–water partition coefficient (Wildman–Crippen LogP) is 0.657. The molecule has 176 valence electrons. The molecule has 0 radical (unpaired) electrons. The van der Waals surface area contributed by atoms with E-state index in [-0.39, 0.29) is 0 Å². The lowest BCUT2D eigenvalue weighted by molar-refractivity contribution is 0.669. The van der Waals surface area contributed by atoms with Crippen LogP contribution in [0.5, 0.6) is 0 Å². The van der Waals surface area contributed by atoms with Crippen molar-refractivity contribution >= 4 is 131 Å². The first-order valence-corrected chi connectivity index (χ1v) is 13.9. The largest absolute Gasteiger partial charge is 0.456 e. The van der Waals surface area contributed by atoms with Gasteiger partial charge in [0.2, 0.25) is 0 Å². The van der Waals surface area contributed by atoms with Crippen molar-refractivity contribution < 1.29 is 4.42 Å². The van der Waals surface area contributed by atoms with E-state index in [9.17, 15) is 0 Å². The van der Waals surface area contributed by atoms with Gasteiger partial charge in [-0.25, -0.2) is 0 Å². The maximum atomic E-state index is 6.35. The zero-order chi connectivity index (χ0) is 26.1. The van der Waals surface area contributed by atoms with Gasteiger partial charge in [0.05, 0.1) is 0 Å². The molecule has 0 aliphatic rings. The van der Waals surface area contributed by atoms with Crippen LogP contribution in [0.25, 0.3) is 53.2 Å². The second kappa shape index (κ2) is 8.64. The summed E-state index contributed by atoms with van der Waals surface area (Å²) in [6.45, 7) is 0. The van der Waals surface area contributed by atoms with E-state index in [1.54, 1.807) is 0 Å². The van der Waals surface area contributed by atoms with Crippen molar-refractivity contribution in [3.8, 4) is 11.1 Å². The van der Waals surface area contributed by atoms with Crippen molar-refractivity contribution in [2.75, 3.05) is 5.32 Å². The quantitative estimate of drug-likeness (QED) is 0.361. The van der Waals surface area contributed by atoms with Crippen LogP contribution in [0.1, 0.15) is 0 Å². The fourth-order valence-electron chi connectivity index (χ4n) is 5.99. The third-order valence-electron chi connectivity index (χ3n) is 8.43. The molecule has 1 N–H and O–H groups in total. The molecule has 8 heteroatoms. The van der Waals surface area contributed by atoms with Crippen LogP contribution in [0, 0.1) is 0 Å². The first-order valence-electron chi connectivity index (χ1n) is 13.1. The third-order valence-corrected chi connectivity index (χ3v) is 9.57. The minimum absolute atomic E-state index is 0.911. The van der Waals surface area contributed by atoms with E-state index in [2.05, 4.69) is 123 Å². The Morgan fingerprint density at radius 3 is 2.05 bits per heavy atom. The van der Waals surface area contributed by atoms with Crippen LogP contribution in [0.2, 0.25) is 0 Å². The molecule has 2 heterocycles. The second-order valence-electron chi connectivity index (χ2n) is 10.4. The number of fused-ring (bicyclic) bond motifs is 6. The van der Waals surface area contributed by atoms with Crippen molar-refractivity contribution in [1.29, 1.82) is 0 Å². The van der Waals surface area contributed by atoms with Gasteiger partial charge in [0.1, 0.15) is 50.4 Å². The Morgan fingerprint density at radius 1 is 0.553 bits per heavy atom. The van der Waals surface area contributed by atoms with Gasteiger partial charge in [0.25, 0.3) is 0 Å². The minimum atomic E-state index is 0.911. The maximum absolute atomic E-state index is 6.35. The Kier molecular flexibility index (Phi) is 5.31. The van der Waals surface area contributed by atoms with Crippen LogP contribution in [0.3, 0.4) is 0 Å². The van der Waals surface area contributed by atoms with Gasteiger partial charge in [-0.1, -0.05) is 47.3 Å². The van der Waals surface area contributed by atoms with Crippen molar-refractivity contribution in [1.82, 2.24) is 0 Å². The number of anilines is 2. The van der Waals surface area contributed by atoms with E-state index in [0.717, 1.165) is 27.9 Å². The number of hydrogen-bond donors (Lipinski definition) is 1. The molecule has 0 fully saturated rings. The van der Waals surface area contributed by atoms with Gasteiger partial charge in [-0.05, 0) is 53.6 Å². The lowest BCUT2D eigenvalue weighted by atomic mass is 9.59. The molecular formula is C30H24B5NOS. The van der Waals surface area contributed by atoms with E-state index in [1.165, 1.54) is 64.0 Å². The van der Waals surface area contributed by atoms with Crippen LogP contribution in [0.15, 0.2) is 83.3 Å². The van der Waals surface area contributed by atoms with Gasteiger partial charge in [0, 0.05) is 42.3 Å². The number of furan rings is 1. The Balaban J connectivity index is 1.38. The van der Waals surface area contributed by atoms with Crippen LogP contribution >= 0.6 is 11.3 Å². The summed E-state index contributed by atoms with van der Waals surface area (Å²) in [6, 6.07) is 28.2. The molecule has 0 bridgehead atoms. The number of hydrogen-bond acceptors (Lipinski definition) is 3. The fourth-order valence-corrected chi connectivity index (χ4v) is 7.13. The van der Waals surface area contributed by atoms with Gasteiger partial charge in [-0.15, -0.1) is 27.7 Å². The highest BCUT2D eigenvalue weighted by Crippen LogP contribution is 2.38. The Hall–Kier alpha value is -3.76. The van der Waals surface area contributed by atoms with Gasteiger partial charge in [-0.3, -0.25) is 0 Å². The molecular weight excluding hydrogens is 476 g/mol. The molecule has 0 atom stereocenters. The van der Waals surface area contributed by atoms with Crippen LogP contribution in [-0.4, -0.2) is 39.2 Å². The molecule has 0 unspecified atom stereocenters. The van der Waals surface area contributed by atoms with Crippen molar-refractivity contribution in [3.05, 3.63) is 78.9 Å². The smallest absolute Gasteiger partial charge is 0.139 e. The van der Waals surface area contributed by atoms with Crippen molar-refractivity contribution in [2.24, 2.45) is 0 Å². The summed E-state index contributed by atoms with van der Waals surface area (Å²) in [4.78, 5) is 0. The number of benzene rings is 5. The zero-order valence-electron chi connectivity index (χ0n) is 22.3. The Bertz CT molecular complexity index is 2050. The second-order valence-corrected chi connectivity index (χ2v) is 11.5. The summed E-state index contributed by atoms with van der Waals surface area (Å²) < 4.78 is 8.97. The van der Waals surface area contributed by atoms with Gasteiger partial charge < -0.3 is 9.73 Å². The van der Waals surface area contributed by atoms with Crippen molar-refractivity contribution in [3.63, 3.8) is 0 Å². The molecule has 7 rings (SSSR count). The monoisotopic (exact) mass is 501 g/mol. The summed E-state index contributed by atoms with van der Waals surface area (Å²) in [5.41, 5.74) is 13.4. The molecule has 38 heavy (non-hydrogen) atoms. The molecule has 0 saturated heterocycles. The minimum Gasteiger partial charge on any atom is -0.456 e. The summed E-state index contributed by atoms with van der Waals surface area (Å²) in [7, 11) is 11.2. The van der Waals surface area contributed by atoms with Gasteiger partial charge in [-0.2, -0.15) is 0 Å². The molecule has 0 amide bonds. The maximum Gasteiger partial charge on any atom is 0.139 e.